The minimum atomic E-state index is -4.44. The molecule has 0 unspecified atom stereocenters. The topological polar surface area (TPSA) is 48.5 Å². The number of amides is 1. The van der Waals surface area contributed by atoms with Crippen molar-refractivity contribution in [2.45, 2.75) is 6.18 Å². The number of alkyl halides is 3. The summed E-state index contributed by atoms with van der Waals surface area (Å²) in [6.45, 7) is 6.48. The summed E-state index contributed by atoms with van der Waals surface area (Å²) in [5.74, 6) is 0.228. The molecule has 23 heavy (non-hydrogen) atoms. The second kappa shape index (κ2) is 7.45. The monoisotopic (exact) mass is 328 g/mol. The SMILES string of the molecule is C=CCNC(=O)CN1CCN(c2cccc(C(F)(F)F)n2)CC1. The average Bonchev–Trinajstić information content (AvgIpc) is 2.53. The van der Waals surface area contributed by atoms with Crippen LogP contribution in [0.3, 0.4) is 0 Å². The van der Waals surface area contributed by atoms with Gasteiger partial charge in [-0.05, 0) is 12.1 Å². The summed E-state index contributed by atoms with van der Waals surface area (Å²) in [5, 5.41) is 2.70. The van der Waals surface area contributed by atoms with Crippen LogP contribution in [-0.2, 0) is 11.0 Å². The first-order valence-corrected chi connectivity index (χ1v) is 7.29. The first-order chi connectivity index (χ1) is 10.9. The van der Waals surface area contributed by atoms with Gasteiger partial charge in [0.15, 0.2) is 0 Å². The number of carbonyl (C=O) groups is 1. The third-order valence-electron chi connectivity index (χ3n) is 3.53. The number of halogens is 3. The van der Waals surface area contributed by atoms with Crippen LogP contribution in [0, 0.1) is 0 Å². The molecule has 1 aromatic rings. The molecule has 1 fully saturated rings. The highest BCUT2D eigenvalue weighted by Gasteiger charge is 2.33. The van der Waals surface area contributed by atoms with E-state index in [2.05, 4.69) is 16.9 Å². The van der Waals surface area contributed by atoms with E-state index in [0.717, 1.165) is 6.07 Å². The Bertz CT molecular complexity index is 554. The van der Waals surface area contributed by atoms with Crippen LogP contribution in [0.5, 0.6) is 0 Å². The highest BCUT2D eigenvalue weighted by atomic mass is 19.4. The summed E-state index contributed by atoms with van der Waals surface area (Å²) in [6.07, 6.45) is -2.84. The zero-order chi connectivity index (χ0) is 16.9. The van der Waals surface area contributed by atoms with Crippen molar-refractivity contribution in [1.29, 1.82) is 0 Å². The number of hydrogen-bond donors (Lipinski definition) is 1. The van der Waals surface area contributed by atoms with Crippen LogP contribution in [0.15, 0.2) is 30.9 Å². The second-order valence-electron chi connectivity index (χ2n) is 5.23. The molecule has 8 heteroatoms. The molecule has 1 N–H and O–H groups in total. The van der Waals surface area contributed by atoms with Gasteiger partial charge in [0, 0.05) is 32.7 Å². The number of carbonyl (C=O) groups excluding carboxylic acids is 1. The number of aromatic nitrogens is 1. The van der Waals surface area contributed by atoms with Crippen LogP contribution in [0.4, 0.5) is 19.0 Å². The Hall–Kier alpha value is -2.09. The van der Waals surface area contributed by atoms with Gasteiger partial charge in [0.05, 0.1) is 6.54 Å². The first-order valence-electron chi connectivity index (χ1n) is 7.29. The maximum atomic E-state index is 12.7. The molecule has 5 nitrogen and oxygen atoms in total. The largest absolute Gasteiger partial charge is 0.433 e. The van der Waals surface area contributed by atoms with Crippen LogP contribution < -0.4 is 10.2 Å². The molecule has 0 aliphatic carbocycles. The summed E-state index contributed by atoms with van der Waals surface area (Å²) >= 11 is 0. The Kier molecular flexibility index (Phi) is 5.59. The zero-order valence-corrected chi connectivity index (χ0v) is 12.6. The quantitative estimate of drug-likeness (QED) is 0.833. The van der Waals surface area contributed by atoms with Gasteiger partial charge in [-0.15, -0.1) is 6.58 Å². The van der Waals surface area contributed by atoms with E-state index in [1.54, 1.807) is 17.0 Å². The van der Waals surface area contributed by atoms with Gasteiger partial charge in [-0.2, -0.15) is 13.2 Å². The molecule has 1 aromatic heterocycles. The normalized spacial score (nSPS) is 16.2. The predicted octanol–water partition coefficient (Wildman–Crippen LogP) is 1.52. The van der Waals surface area contributed by atoms with Crippen LogP contribution in [-0.4, -0.2) is 55.1 Å². The van der Waals surface area contributed by atoms with Crippen molar-refractivity contribution in [2.75, 3.05) is 44.2 Å². The standard InChI is InChI=1S/C15H19F3N4O/c1-2-6-19-14(23)11-21-7-9-22(10-8-21)13-5-3-4-12(20-13)15(16,17)18/h2-5H,1,6-11H2,(H,19,23). The highest BCUT2D eigenvalue weighted by molar-refractivity contribution is 5.78. The van der Waals surface area contributed by atoms with Crippen LogP contribution >= 0.6 is 0 Å². The molecule has 1 aliphatic rings. The van der Waals surface area contributed by atoms with Crippen molar-refractivity contribution in [3.8, 4) is 0 Å². The first kappa shape index (κ1) is 17.3. The number of nitrogens with zero attached hydrogens (tertiary/aromatic N) is 3. The number of rotatable bonds is 5. The van der Waals surface area contributed by atoms with E-state index in [-0.39, 0.29) is 12.5 Å². The van der Waals surface area contributed by atoms with Gasteiger partial charge < -0.3 is 10.2 Å². The molecule has 126 valence electrons. The molecule has 0 atom stereocenters. The molecule has 1 aliphatic heterocycles. The highest BCUT2D eigenvalue weighted by Crippen LogP contribution is 2.29. The molecular formula is C15H19F3N4O. The van der Waals surface area contributed by atoms with Crippen molar-refractivity contribution in [3.63, 3.8) is 0 Å². The second-order valence-corrected chi connectivity index (χ2v) is 5.23. The smallest absolute Gasteiger partial charge is 0.354 e. The van der Waals surface area contributed by atoms with Crippen molar-refractivity contribution >= 4 is 11.7 Å². The Labute approximate surface area is 132 Å². The minimum absolute atomic E-state index is 0.0875. The molecule has 2 heterocycles. The summed E-state index contributed by atoms with van der Waals surface area (Å²) in [4.78, 5) is 19.1. The molecule has 0 saturated carbocycles. The number of hydrogen-bond acceptors (Lipinski definition) is 4. The van der Waals surface area contributed by atoms with Gasteiger partial charge in [-0.1, -0.05) is 12.1 Å². The van der Waals surface area contributed by atoms with Gasteiger partial charge in [-0.25, -0.2) is 4.98 Å². The minimum Gasteiger partial charge on any atom is -0.354 e. The third kappa shape index (κ3) is 4.95. The third-order valence-corrected chi connectivity index (χ3v) is 3.53. The molecule has 0 bridgehead atoms. The number of nitrogens with one attached hydrogen (secondary N) is 1. The van der Waals surface area contributed by atoms with E-state index in [4.69, 9.17) is 0 Å². The lowest BCUT2D eigenvalue weighted by Gasteiger charge is -2.35. The van der Waals surface area contributed by atoms with Gasteiger partial charge in [0.25, 0.3) is 0 Å². The molecule has 1 amide bonds. The fourth-order valence-corrected chi connectivity index (χ4v) is 2.34. The fraction of sp³-hybridized carbons (Fsp3) is 0.467. The molecule has 2 rings (SSSR count). The Morgan fingerprint density at radius 3 is 2.61 bits per heavy atom. The molecule has 0 spiro atoms. The zero-order valence-electron chi connectivity index (χ0n) is 12.6. The van der Waals surface area contributed by atoms with Crippen molar-refractivity contribution < 1.29 is 18.0 Å². The van der Waals surface area contributed by atoms with Gasteiger partial charge >= 0.3 is 6.18 Å². The van der Waals surface area contributed by atoms with Crippen LogP contribution in [0.2, 0.25) is 0 Å². The molecule has 1 saturated heterocycles. The van der Waals surface area contributed by atoms with Crippen molar-refractivity contribution in [3.05, 3.63) is 36.5 Å². The Morgan fingerprint density at radius 1 is 1.30 bits per heavy atom. The lowest BCUT2D eigenvalue weighted by Crippen LogP contribution is -2.49. The van der Waals surface area contributed by atoms with Crippen molar-refractivity contribution in [1.82, 2.24) is 15.2 Å². The van der Waals surface area contributed by atoms with E-state index in [0.29, 0.717) is 38.5 Å². The van der Waals surface area contributed by atoms with Crippen molar-refractivity contribution in [2.24, 2.45) is 0 Å². The van der Waals surface area contributed by atoms with E-state index >= 15 is 0 Å². The van der Waals surface area contributed by atoms with E-state index in [9.17, 15) is 18.0 Å². The Morgan fingerprint density at radius 2 is 2.00 bits per heavy atom. The summed E-state index contributed by atoms with van der Waals surface area (Å²) in [5.41, 5.74) is -0.888. The lowest BCUT2D eigenvalue weighted by molar-refractivity contribution is -0.141. The average molecular weight is 328 g/mol. The van der Waals surface area contributed by atoms with Gasteiger partial charge in [0.2, 0.25) is 5.91 Å². The van der Waals surface area contributed by atoms with E-state index < -0.39 is 11.9 Å². The van der Waals surface area contributed by atoms with Crippen LogP contribution in [0.1, 0.15) is 5.69 Å². The summed E-state index contributed by atoms with van der Waals surface area (Å²) < 4.78 is 38.1. The predicted molar refractivity (Wildman–Crippen MR) is 81.1 cm³/mol. The summed E-state index contributed by atoms with van der Waals surface area (Å²) in [6, 6.07) is 3.89. The Balaban J connectivity index is 1.89. The molecule has 0 aromatic carbocycles. The maximum Gasteiger partial charge on any atom is 0.433 e. The molecular weight excluding hydrogens is 309 g/mol. The number of pyridine rings is 1. The van der Waals surface area contributed by atoms with Crippen LogP contribution in [0.25, 0.3) is 0 Å². The van der Waals surface area contributed by atoms with Gasteiger partial charge in [0.1, 0.15) is 11.5 Å². The van der Waals surface area contributed by atoms with E-state index in [1.165, 1.54) is 6.07 Å². The fourth-order valence-electron chi connectivity index (χ4n) is 2.34. The lowest BCUT2D eigenvalue weighted by atomic mass is 10.2. The number of anilines is 1. The molecule has 0 radical (unpaired) electrons. The summed E-state index contributed by atoms with van der Waals surface area (Å²) in [7, 11) is 0. The maximum absolute atomic E-state index is 12.7. The number of piperazine rings is 1. The van der Waals surface area contributed by atoms with Gasteiger partial charge in [-0.3, -0.25) is 9.69 Å². The van der Waals surface area contributed by atoms with E-state index in [1.807, 2.05) is 4.90 Å².